The van der Waals surface area contributed by atoms with Crippen LogP contribution >= 0.6 is 12.4 Å². The Morgan fingerprint density at radius 2 is 1.94 bits per heavy atom. The van der Waals surface area contributed by atoms with Gasteiger partial charge in [-0.05, 0) is 19.8 Å². The first kappa shape index (κ1) is 13.0. The second-order valence-corrected chi connectivity index (χ2v) is 4.62. The molecule has 0 aromatic carbocycles. The fourth-order valence-corrected chi connectivity index (χ4v) is 2.22. The molecule has 2 N–H and O–H groups in total. The van der Waals surface area contributed by atoms with Gasteiger partial charge in [-0.2, -0.15) is 4.98 Å². The van der Waals surface area contributed by atoms with Gasteiger partial charge in [-0.1, -0.05) is 23.2 Å². The molecular formula is C11H15ClN4O2. The summed E-state index contributed by atoms with van der Waals surface area (Å²) in [5, 5.41) is 7.74. The first-order valence-corrected chi connectivity index (χ1v) is 5.74. The Labute approximate surface area is 110 Å². The van der Waals surface area contributed by atoms with Crippen molar-refractivity contribution < 1.29 is 9.05 Å². The van der Waals surface area contributed by atoms with E-state index in [9.17, 15) is 0 Å². The fraction of sp³-hybridized carbons (Fsp3) is 0.545. The third-order valence-corrected chi connectivity index (χ3v) is 3.21. The van der Waals surface area contributed by atoms with Crippen LogP contribution in [0.3, 0.4) is 0 Å². The van der Waals surface area contributed by atoms with Crippen LogP contribution in [0.2, 0.25) is 0 Å². The molecule has 1 fully saturated rings. The second-order valence-electron chi connectivity index (χ2n) is 4.62. The SMILES string of the molecule is Cc1cc(-c2nc(C3(N)CCCC3)no2)on1.Cl. The summed E-state index contributed by atoms with van der Waals surface area (Å²) in [6, 6.07) is 1.76. The molecular weight excluding hydrogens is 256 g/mol. The quantitative estimate of drug-likeness (QED) is 0.899. The number of rotatable bonds is 2. The van der Waals surface area contributed by atoms with Crippen LogP contribution in [0.15, 0.2) is 15.1 Å². The highest BCUT2D eigenvalue weighted by Gasteiger charge is 2.36. The minimum absolute atomic E-state index is 0. The van der Waals surface area contributed by atoms with Crippen LogP contribution in [0.5, 0.6) is 0 Å². The third-order valence-electron chi connectivity index (χ3n) is 3.21. The normalized spacial score (nSPS) is 17.7. The van der Waals surface area contributed by atoms with Gasteiger partial charge in [0.25, 0.3) is 5.89 Å². The van der Waals surface area contributed by atoms with Crippen molar-refractivity contribution in [2.45, 2.75) is 38.1 Å². The van der Waals surface area contributed by atoms with E-state index in [1.165, 1.54) is 0 Å². The van der Waals surface area contributed by atoms with Crippen molar-refractivity contribution in [2.24, 2.45) is 5.73 Å². The number of nitrogens with zero attached hydrogens (tertiary/aromatic N) is 3. The zero-order chi connectivity index (χ0) is 11.9. The molecule has 98 valence electrons. The highest BCUT2D eigenvalue weighted by molar-refractivity contribution is 5.85. The van der Waals surface area contributed by atoms with Crippen LogP contribution < -0.4 is 5.73 Å². The zero-order valence-corrected chi connectivity index (χ0v) is 10.9. The third kappa shape index (κ3) is 2.13. The van der Waals surface area contributed by atoms with Gasteiger partial charge in [0.15, 0.2) is 5.82 Å². The lowest BCUT2D eigenvalue weighted by atomic mass is 9.99. The molecule has 1 aliphatic rings. The maximum Gasteiger partial charge on any atom is 0.296 e. The van der Waals surface area contributed by atoms with E-state index in [0.717, 1.165) is 31.4 Å². The zero-order valence-electron chi connectivity index (χ0n) is 10.0. The Morgan fingerprint density at radius 1 is 1.22 bits per heavy atom. The Bertz CT molecular complexity index is 531. The summed E-state index contributed by atoms with van der Waals surface area (Å²) in [7, 11) is 0. The van der Waals surface area contributed by atoms with Gasteiger partial charge in [0, 0.05) is 6.07 Å². The lowest BCUT2D eigenvalue weighted by Gasteiger charge is -2.17. The minimum atomic E-state index is -0.434. The molecule has 0 atom stereocenters. The maximum absolute atomic E-state index is 6.25. The van der Waals surface area contributed by atoms with E-state index in [2.05, 4.69) is 15.3 Å². The van der Waals surface area contributed by atoms with Crippen LogP contribution in [0.4, 0.5) is 0 Å². The molecule has 0 amide bonds. The number of halogens is 1. The molecule has 3 rings (SSSR count). The Hall–Kier alpha value is -1.40. The van der Waals surface area contributed by atoms with E-state index in [-0.39, 0.29) is 12.4 Å². The maximum atomic E-state index is 6.25. The molecule has 0 bridgehead atoms. The number of aryl methyl sites for hydroxylation is 1. The first-order valence-electron chi connectivity index (χ1n) is 5.74. The van der Waals surface area contributed by atoms with Crippen LogP contribution in [0.1, 0.15) is 37.2 Å². The van der Waals surface area contributed by atoms with Crippen LogP contribution in [-0.4, -0.2) is 15.3 Å². The molecule has 2 heterocycles. The summed E-state index contributed by atoms with van der Waals surface area (Å²) in [6.45, 7) is 1.84. The van der Waals surface area contributed by atoms with Gasteiger partial charge in [0.1, 0.15) is 0 Å². The second kappa shape index (κ2) is 4.70. The van der Waals surface area contributed by atoms with Crippen molar-refractivity contribution in [1.82, 2.24) is 15.3 Å². The summed E-state index contributed by atoms with van der Waals surface area (Å²) in [5.74, 6) is 1.40. The van der Waals surface area contributed by atoms with Crippen molar-refractivity contribution >= 4 is 12.4 Å². The molecule has 0 radical (unpaired) electrons. The Balaban J connectivity index is 0.00000120. The van der Waals surface area contributed by atoms with Gasteiger partial charge < -0.3 is 14.8 Å². The van der Waals surface area contributed by atoms with E-state index >= 15 is 0 Å². The van der Waals surface area contributed by atoms with Gasteiger partial charge in [0.2, 0.25) is 5.76 Å². The number of hydrogen-bond donors (Lipinski definition) is 1. The standard InChI is InChI=1S/C11H14N4O2.ClH/c1-7-6-8(16-14-7)9-13-10(15-17-9)11(12)4-2-3-5-11;/h6H,2-5,12H2,1H3;1H. The summed E-state index contributed by atoms with van der Waals surface area (Å²) in [6.07, 6.45) is 4.03. The fourth-order valence-electron chi connectivity index (χ4n) is 2.22. The van der Waals surface area contributed by atoms with E-state index in [1.807, 2.05) is 6.92 Å². The van der Waals surface area contributed by atoms with E-state index < -0.39 is 5.54 Å². The average molecular weight is 271 g/mol. The van der Waals surface area contributed by atoms with Gasteiger partial charge in [-0.25, -0.2) is 0 Å². The summed E-state index contributed by atoms with van der Waals surface area (Å²) < 4.78 is 10.2. The lowest BCUT2D eigenvalue weighted by molar-refractivity contribution is 0.359. The van der Waals surface area contributed by atoms with Crippen LogP contribution in [0, 0.1) is 6.92 Å². The number of nitrogens with two attached hydrogens (primary N) is 1. The molecule has 0 saturated heterocycles. The van der Waals surface area contributed by atoms with Gasteiger partial charge in [0.05, 0.1) is 11.2 Å². The minimum Gasteiger partial charge on any atom is -0.351 e. The highest BCUT2D eigenvalue weighted by Crippen LogP contribution is 2.35. The van der Waals surface area contributed by atoms with E-state index in [0.29, 0.717) is 17.5 Å². The van der Waals surface area contributed by atoms with Crippen molar-refractivity contribution in [3.05, 3.63) is 17.6 Å². The predicted octanol–water partition coefficient (Wildman–Crippen LogP) is 2.18. The van der Waals surface area contributed by atoms with Gasteiger partial charge in [-0.3, -0.25) is 0 Å². The average Bonchev–Trinajstić information content (AvgIpc) is 2.96. The monoisotopic (exact) mass is 270 g/mol. The Kier molecular flexibility index (Phi) is 3.41. The molecule has 1 aliphatic carbocycles. The van der Waals surface area contributed by atoms with E-state index in [4.69, 9.17) is 14.8 Å². The highest BCUT2D eigenvalue weighted by atomic mass is 35.5. The van der Waals surface area contributed by atoms with Crippen molar-refractivity contribution in [2.75, 3.05) is 0 Å². The molecule has 0 aliphatic heterocycles. The molecule has 7 heteroatoms. The van der Waals surface area contributed by atoms with Gasteiger partial charge in [-0.15, -0.1) is 12.4 Å². The first-order chi connectivity index (χ1) is 8.17. The summed E-state index contributed by atoms with van der Waals surface area (Å²) in [5.41, 5.74) is 6.59. The molecule has 18 heavy (non-hydrogen) atoms. The van der Waals surface area contributed by atoms with Crippen molar-refractivity contribution in [1.29, 1.82) is 0 Å². The molecule has 0 spiro atoms. The summed E-state index contributed by atoms with van der Waals surface area (Å²) in [4.78, 5) is 4.31. The van der Waals surface area contributed by atoms with Crippen molar-refractivity contribution in [3.8, 4) is 11.7 Å². The smallest absolute Gasteiger partial charge is 0.296 e. The largest absolute Gasteiger partial charge is 0.351 e. The topological polar surface area (TPSA) is 91.0 Å². The number of aromatic nitrogens is 3. The summed E-state index contributed by atoms with van der Waals surface area (Å²) >= 11 is 0. The molecule has 2 aromatic rings. The molecule has 0 unspecified atom stereocenters. The van der Waals surface area contributed by atoms with Crippen LogP contribution in [0.25, 0.3) is 11.7 Å². The lowest BCUT2D eigenvalue weighted by Crippen LogP contribution is -2.34. The predicted molar refractivity (Wildman–Crippen MR) is 66.1 cm³/mol. The van der Waals surface area contributed by atoms with Crippen molar-refractivity contribution in [3.63, 3.8) is 0 Å². The van der Waals surface area contributed by atoms with Crippen LogP contribution in [-0.2, 0) is 5.54 Å². The Morgan fingerprint density at radius 3 is 2.56 bits per heavy atom. The molecule has 2 aromatic heterocycles. The number of hydrogen-bond acceptors (Lipinski definition) is 6. The molecule has 1 saturated carbocycles. The van der Waals surface area contributed by atoms with E-state index in [1.54, 1.807) is 6.07 Å². The van der Waals surface area contributed by atoms with Gasteiger partial charge >= 0.3 is 0 Å². The molecule has 6 nitrogen and oxygen atoms in total.